The van der Waals surface area contributed by atoms with Gasteiger partial charge >= 0.3 is 0 Å². The molecule has 0 aliphatic carbocycles. The monoisotopic (exact) mass is 285 g/mol. The van der Waals surface area contributed by atoms with E-state index in [4.69, 9.17) is 0 Å². The van der Waals surface area contributed by atoms with E-state index in [1.807, 2.05) is 37.3 Å². The molecule has 0 aliphatic rings. The van der Waals surface area contributed by atoms with Crippen LogP contribution < -0.4 is 5.56 Å². The number of aliphatic hydroxyl groups excluding tert-OH is 1. The summed E-state index contributed by atoms with van der Waals surface area (Å²) in [4.78, 5) is 11.8. The molecule has 2 rings (SSSR count). The van der Waals surface area contributed by atoms with Crippen molar-refractivity contribution in [3.63, 3.8) is 0 Å². The Morgan fingerprint density at radius 3 is 2.24 bits per heavy atom. The quantitative estimate of drug-likeness (QED) is 0.941. The van der Waals surface area contributed by atoms with Gasteiger partial charge in [-0.25, -0.2) is 0 Å². The molecule has 0 aliphatic heterocycles. The van der Waals surface area contributed by atoms with Gasteiger partial charge in [-0.2, -0.15) is 0 Å². The summed E-state index contributed by atoms with van der Waals surface area (Å²) < 4.78 is 1.60. The summed E-state index contributed by atoms with van der Waals surface area (Å²) in [5.74, 6) is 0. The van der Waals surface area contributed by atoms with Crippen molar-refractivity contribution >= 4 is 0 Å². The molecule has 1 atom stereocenters. The number of aliphatic hydroxyl groups is 1. The molecule has 0 saturated carbocycles. The van der Waals surface area contributed by atoms with Crippen molar-refractivity contribution in [3.05, 3.63) is 69.6 Å². The van der Waals surface area contributed by atoms with E-state index in [0.29, 0.717) is 0 Å². The van der Waals surface area contributed by atoms with Gasteiger partial charge in [-0.15, -0.1) is 0 Å². The van der Waals surface area contributed by atoms with Crippen LogP contribution >= 0.6 is 0 Å². The third-order valence-corrected chi connectivity index (χ3v) is 3.79. The summed E-state index contributed by atoms with van der Waals surface area (Å²) in [6, 6.07) is 13.1. The standard InChI is InChI=1S/C18H23NO2/c1-13-6-5-7-17(21)19(13)12-16(20)14-8-10-15(11-9-14)18(2,3)4/h5-11,16,20H,12H2,1-4H3. The number of rotatable bonds is 3. The average Bonchev–Trinajstić information content (AvgIpc) is 2.42. The lowest BCUT2D eigenvalue weighted by atomic mass is 9.86. The molecule has 1 aromatic carbocycles. The lowest BCUT2D eigenvalue weighted by molar-refractivity contribution is 0.154. The van der Waals surface area contributed by atoms with E-state index in [9.17, 15) is 9.90 Å². The molecular formula is C18H23NO2. The maximum absolute atomic E-state index is 11.8. The van der Waals surface area contributed by atoms with Gasteiger partial charge in [0.15, 0.2) is 0 Å². The van der Waals surface area contributed by atoms with Gasteiger partial charge in [-0.1, -0.05) is 51.1 Å². The first kappa shape index (κ1) is 15.5. The van der Waals surface area contributed by atoms with E-state index in [1.165, 1.54) is 11.6 Å². The third kappa shape index (κ3) is 3.61. The highest BCUT2D eigenvalue weighted by Crippen LogP contribution is 2.24. The van der Waals surface area contributed by atoms with Crippen molar-refractivity contribution in [2.75, 3.05) is 0 Å². The van der Waals surface area contributed by atoms with Crippen molar-refractivity contribution in [2.24, 2.45) is 0 Å². The molecule has 21 heavy (non-hydrogen) atoms. The van der Waals surface area contributed by atoms with Crippen molar-refractivity contribution in [3.8, 4) is 0 Å². The second-order valence-electron chi connectivity index (χ2n) is 6.50. The molecule has 112 valence electrons. The first-order valence-electron chi connectivity index (χ1n) is 7.24. The van der Waals surface area contributed by atoms with Crippen LogP contribution in [-0.2, 0) is 12.0 Å². The van der Waals surface area contributed by atoms with Crippen LogP contribution in [0.2, 0.25) is 0 Å². The Hall–Kier alpha value is -1.87. The Kier molecular flexibility index (Phi) is 4.33. The van der Waals surface area contributed by atoms with E-state index in [1.54, 1.807) is 10.6 Å². The third-order valence-electron chi connectivity index (χ3n) is 3.79. The Labute approximate surface area is 125 Å². The number of hydrogen-bond acceptors (Lipinski definition) is 2. The van der Waals surface area contributed by atoms with Gasteiger partial charge in [-0.05, 0) is 29.5 Å². The number of aryl methyl sites for hydroxylation is 1. The van der Waals surface area contributed by atoms with Gasteiger partial charge in [0, 0.05) is 11.8 Å². The number of hydrogen-bond donors (Lipinski definition) is 1. The Balaban J connectivity index is 2.21. The molecule has 0 bridgehead atoms. The van der Waals surface area contributed by atoms with Gasteiger partial charge in [0.25, 0.3) is 5.56 Å². The lowest BCUT2D eigenvalue weighted by Crippen LogP contribution is -2.24. The SMILES string of the molecule is Cc1cccc(=O)n1CC(O)c1ccc(C(C)(C)C)cc1. The minimum absolute atomic E-state index is 0.0830. The molecular weight excluding hydrogens is 262 g/mol. The van der Waals surface area contributed by atoms with Crippen LogP contribution in [0.4, 0.5) is 0 Å². The van der Waals surface area contributed by atoms with Crippen molar-refractivity contribution in [2.45, 2.75) is 45.8 Å². The molecule has 1 N–H and O–H groups in total. The van der Waals surface area contributed by atoms with E-state index < -0.39 is 6.10 Å². The van der Waals surface area contributed by atoms with Gasteiger partial charge in [0.2, 0.25) is 0 Å². The fourth-order valence-corrected chi connectivity index (χ4v) is 2.34. The zero-order chi connectivity index (χ0) is 15.6. The van der Waals surface area contributed by atoms with Crippen molar-refractivity contribution in [1.82, 2.24) is 4.57 Å². The van der Waals surface area contributed by atoms with E-state index in [0.717, 1.165) is 11.3 Å². The van der Waals surface area contributed by atoms with Crippen molar-refractivity contribution in [1.29, 1.82) is 0 Å². The summed E-state index contributed by atoms with van der Waals surface area (Å²) in [6.07, 6.45) is -0.683. The maximum Gasteiger partial charge on any atom is 0.250 e. The highest BCUT2D eigenvalue weighted by Gasteiger charge is 2.15. The minimum Gasteiger partial charge on any atom is -0.387 e. The highest BCUT2D eigenvalue weighted by molar-refractivity contribution is 5.28. The van der Waals surface area contributed by atoms with Crippen LogP contribution in [0.25, 0.3) is 0 Å². The number of nitrogens with zero attached hydrogens (tertiary/aromatic N) is 1. The van der Waals surface area contributed by atoms with Gasteiger partial charge in [0.05, 0.1) is 12.6 Å². The number of pyridine rings is 1. The van der Waals surface area contributed by atoms with Crippen LogP contribution in [0, 0.1) is 6.92 Å². The fraction of sp³-hybridized carbons (Fsp3) is 0.389. The molecule has 3 heteroatoms. The predicted octanol–water partition coefficient (Wildman–Crippen LogP) is 3.19. The summed E-state index contributed by atoms with van der Waals surface area (Å²) in [5.41, 5.74) is 2.93. The van der Waals surface area contributed by atoms with Crippen LogP contribution in [0.5, 0.6) is 0 Å². The largest absolute Gasteiger partial charge is 0.387 e. The molecule has 0 spiro atoms. The summed E-state index contributed by atoms with van der Waals surface area (Å²) in [5, 5.41) is 10.4. The van der Waals surface area contributed by atoms with Crippen LogP contribution in [0.15, 0.2) is 47.3 Å². The first-order valence-corrected chi connectivity index (χ1v) is 7.24. The zero-order valence-corrected chi connectivity index (χ0v) is 13.1. The molecule has 0 fully saturated rings. The predicted molar refractivity (Wildman–Crippen MR) is 85.5 cm³/mol. The summed E-state index contributed by atoms with van der Waals surface area (Å²) in [7, 11) is 0. The second kappa shape index (κ2) is 5.86. The van der Waals surface area contributed by atoms with Crippen LogP contribution in [0.1, 0.15) is 43.7 Å². The molecule has 0 amide bonds. The average molecular weight is 285 g/mol. The lowest BCUT2D eigenvalue weighted by Gasteiger charge is -2.20. The molecule has 1 unspecified atom stereocenters. The van der Waals surface area contributed by atoms with Crippen LogP contribution in [0.3, 0.4) is 0 Å². The Morgan fingerprint density at radius 1 is 1.10 bits per heavy atom. The van der Waals surface area contributed by atoms with E-state index in [-0.39, 0.29) is 17.5 Å². The molecule has 1 aromatic heterocycles. The highest BCUT2D eigenvalue weighted by atomic mass is 16.3. The van der Waals surface area contributed by atoms with Gasteiger partial charge in [-0.3, -0.25) is 4.79 Å². The topological polar surface area (TPSA) is 42.2 Å². The van der Waals surface area contributed by atoms with Crippen LogP contribution in [-0.4, -0.2) is 9.67 Å². The number of benzene rings is 1. The van der Waals surface area contributed by atoms with E-state index in [2.05, 4.69) is 20.8 Å². The second-order valence-corrected chi connectivity index (χ2v) is 6.50. The molecule has 3 nitrogen and oxygen atoms in total. The zero-order valence-electron chi connectivity index (χ0n) is 13.1. The maximum atomic E-state index is 11.8. The summed E-state index contributed by atoms with van der Waals surface area (Å²) in [6.45, 7) is 8.62. The molecule has 0 saturated heterocycles. The molecule has 0 radical (unpaired) electrons. The van der Waals surface area contributed by atoms with Gasteiger partial charge in [0.1, 0.15) is 0 Å². The molecule has 1 heterocycles. The Morgan fingerprint density at radius 2 is 1.71 bits per heavy atom. The smallest absolute Gasteiger partial charge is 0.250 e. The van der Waals surface area contributed by atoms with Crippen molar-refractivity contribution < 1.29 is 5.11 Å². The Bertz CT molecular complexity index is 663. The fourth-order valence-electron chi connectivity index (χ4n) is 2.34. The minimum atomic E-state index is -0.683. The first-order chi connectivity index (χ1) is 9.79. The van der Waals surface area contributed by atoms with E-state index >= 15 is 0 Å². The normalized spacial score (nSPS) is 13.2. The number of aromatic nitrogens is 1. The molecule has 2 aromatic rings. The van der Waals surface area contributed by atoms with Gasteiger partial charge < -0.3 is 9.67 Å². The summed E-state index contributed by atoms with van der Waals surface area (Å²) >= 11 is 0.